The number of aliphatic imine (C=N–C) groups is 1. The Morgan fingerprint density at radius 1 is 1.39 bits per heavy atom. The van der Waals surface area contributed by atoms with Gasteiger partial charge in [0.05, 0.1) is 0 Å². The van der Waals surface area contributed by atoms with Gasteiger partial charge in [-0.2, -0.15) is 0 Å². The van der Waals surface area contributed by atoms with E-state index in [9.17, 15) is 4.79 Å². The van der Waals surface area contributed by atoms with Crippen molar-refractivity contribution in [2.45, 2.75) is 32.2 Å². The van der Waals surface area contributed by atoms with E-state index in [0.717, 1.165) is 51.4 Å². The average molecular weight is 519 g/mol. The monoisotopic (exact) mass is 519 g/mol. The highest BCUT2D eigenvalue weighted by Crippen LogP contribution is 2.12. The lowest BCUT2D eigenvalue weighted by Gasteiger charge is -2.33. The highest BCUT2D eigenvalue weighted by atomic mass is 127. The zero-order valence-corrected chi connectivity index (χ0v) is 20.4. The third-order valence-electron chi connectivity index (χ3n) is 4.54. The Kier molecular flexibility index (Phi) is 11.7. The van der Waals surface area contributed by atoms with E-state index in [0.29, 0.717) is 6.04 Å². The van der Waals surface area contributed by atoms with E-state index in [1.807, 2.05) is 0 Å². The van der Waals surface area contributed by atoms with Gasteiger partial charge in [0.1, 0.15) is 6.54 Å². The summed E-state index contributed by atoms with van der Waals surface area (Å²) in [6.45, 7) is 10.1. The van der Waals surface area contributed by atoms with Crippen molar-refractivity contribution in [2.24, 2.45) is 4.99 Å². The fourth-order valence-corrected chi connectivity index (χ4v) is 3.72. The number of likely N-dealkylation sites (tertiary alicyclic amines) is 1. The molecular formula is C20H34IN5OS. The predicted molar refractivity (Wildman–Crippen MR) is 130 cm³/mol. The van der Waals surface area contributed by atoms with Crippen LogP contribution < -0.4 is 10.6 Å². The van der Waals surface area contributed by atoms with Crippen LogP contribution in [0.15, 0.2) is 34.7 Å². The van der Waals surface area contributed by atoms with Gasteiger partial charge < -0.3 is 15.5 Å². The van der Waals surface area contributed by atoms with Gasteiger partial charge in [0.25, 0.3) is 0 Å². The minimum absolute atomic E-state index is 0. The first kappa shape index (κ1) is 24.9. The standard InChI is InChI=1S/C20H33N5OS.HI/c1-16(2)15-25-11-8-17(9-12-25)23-20(22-14-19(26)24(3)4)21-10-7-18-6-5-13-27-18;/h5-6,13,17H,1,7-12,14-15H2,2-4H3,(H2,21,22,23);1H. The van der Waals surface area contributed by atoms with Crippen molar-refractivity contribution in [3.05, 3.63) is 34.5 Å². The van der Waals surface area contributed by atoms with Crippen LogP contribution in [0.1, 0.15) is 24.6 Å². The number of guanidine groups is 1. The smallest absolute Gasteiger partial charge is 0.243 e. The van der Waals surface area contributed by atoms with E-state index in [1.54, 1.807) is 30.3 Å². The number of rotatable bonds is 8. The van der Waals surface area contributed by atoms with E-state index in [2.05, 4.69) is 51.5 Å². The van der Waals surface area contributed by atoms with Gasteiger partial charge in [0.2, 0.25) is 5.91 Å². The summed E-state index contributed by atoms with van der Waals surface area (Å²) in [5, 5.41) is 9.01. The van der Waals surface area contributed by atoms with Gasteiger partial charge in [-0.25, -0.2) is 4.99 Å². The summed E-state index contributed by atoms with van der Waals surface area (Å²) in [5.41, 5.74) is 1.21. The van der Waals surface area contributed by atoms with Crippen molar-refractivity contribution in [2.75, 3.05) is 46.8 Å². The highest BCUT2D eigenvalue weighted by Gasteiger charge is 2.20. The summed E-state index contributed by atoms with van der Waals surface area (Å²) < 4.78 is 0. The molecule has 0 spiro atoms. The van der Waals surface area contributed by atoms with Gasteiger partial charge in [-0.05, 0) is 37.6 Å². The second-order valence-electron chi connectivity index (χ2n) is 7.36. The van der Waals surface area contributed by atoms with Crippen LogP contribution in [0.25, 0.3) is 0 Å². The lowest BCUT2D eigenvalue weighted by Crippen LogP contribution is -2.49. The maximum atomic E-state index is 11.9. The topological polar surface area (TPSA) is 60.0 Å². The summed E-state index contributed by atoms with van der Waals surface area (Å²) in [6.07, 6.45) is 3.10. The van der Waals surface area contributed by atoms with E-state index in [-0.39, 0.29) is 36.4 Å². The van der Waals surface area contributed by atoms with Crippen molar-refractivity contribution in [3.63, 3.8) is 0 Å². The first-order valence-electron chi connectivity index (χ1n) is 9.58. The molecule has 0 saturated carbocycles. The molecule has 8 heteroatoms. The summed E-state index contributed by atoms with van der Waals surface area (Å²) in [4.78, 5) is 21.8. The maximum absolute atomic E-state index is 11.9. The largest absolute Gasteiger partial charge is 0.356 e. The van der Waals surface area contributed by atoms with E-state index >= 15 is 0 Å². The summed E-state index contributed by atoms with van der Waals surface area (Å²) in [7, 11) is 3.51. The molecule has 1 aliphatic heterocycles. The number of amides is 1. The molecule has 2 heterocycles. The summed E-state index contributed by atoms with van der Waals surface area (Å²) in [5.74, 6) is 0.741. The average Bonchev–Trinajstić information content (AvgIpc) is 3.13. The molecular weight excluding hydrogens is 485 g/mol. The number of hydrogen-bond donors (Lipinski definition) is 2. The Labute approximate surface area is 190 Å². The Bertz CT molecular complexity index is 625. The zero-order chi connectivity index (χ0) is 19.6. The molecule has 28 heavy (non-hydrogen) atoms. The Morgan fingerprint density at radius 3 is 2.68 bits per heavy atom. The second kappa shape index (κ2) is 13.2. The molecule has 1 aromatic rings. The zero-order valence-electron chi connectivity index (χ0n) is 17.2. The van der Waals surface area contributed by atoms with Gasteiger partial charge in [-0.3, -0.25) is 9.69 Å². The van der Waals surface area contributed by atoms with E-state index in [4.69, 9.17) is 0 Å². The fourth-order valence-electron chi connectivity index (χ4n) is 3.01. The SMILES string of the molecule is C=C(C)CN1CCC(NC(=NCC(=O)N(C)C)NCCc2cccs2)CC1.I. The molecule has 0 bridgehead atoms. The number of nitrogens with zero attached hydrogens (tertiary/aromatic N) is 3. The van der Waals surface area contributed by atoms with Gasteiger partial charge in [0, 0.05) is 51.2 Å². The number of likely N-dealkylation sites (N-methyl/N-ethyl adjacent to an activating group) is 1. The number of halogens is 1. The molecule has 1 aliphatic rings. The molecule has 1 fully saturated rings. The normalized spacial score (nSPS) is 15.6. The third kappa shape index (κ3) is 9.38. The molecule has 1 aromatic heterocycles. The molecule has 0 aliphatic carbocycles. The molecule has 0 atom stereocenters. The first-order chi connectivity index (χ1) is 12.9. The van der Waals surface area contributed by atoms with Gasteiger partial charge in [0.15, 0.2) is 5.96 Å². The van der Waals surface area contributed by atoms with Crippen LogP contribution >= 0.6 is 35.3 Å². The Hall–Kier alpha value is -1.13. The van der Waals surface area contributed by atoms with Crippen molar-refractivity contribution in [1.29, 1.82) is 0 Å². The van der Waals surface area contributed by atoms with E-state index in [1.165, 1.54) is 10.5 Å². The minimum Gasteiger partial charge on any atom is -0.356 e. The highest BCUT2D eigenvalue weighted by molar-refractivity contribution is 14.0. The number of nitrogens with one attached hydrogen (secondary N) is 2. The molecule has 0 radical (unpaired) electrons. The van der Waals surface area contributed by atoms with Crippen LogP contribution in [-0.2, 0) is 11.2 Å². The number of thiophene rings is 1. The Morgan fingerprint density at radius 2 is 2.11 bits per heavy atom. The van der Waals surface area contributed by atoms with Crippen molar-refractivity contribution >= 4 is 47.2 Å². The van der Waals surface area contributed by atoms with Crippen molar-refractivity contribution < 1.29 is 4.79 Å². The number of hydrogen-bond acceptors (Lipinski definition) is 4. The number of piperidine rings is 1. The molecule has 0 unspecified atom stereocenters. The number of carbonyl (C=O) groups excluding carboxylic acids is 1. The molecule has 1 amide bonds. The third-order valence-corrected chi connectivity index (χ3v) is 5.47. The molecule has 0 aromatic carbocycles. The van der Waals surface area contributed by atoms with Crippen LogP contribution in [0.2, 0.25) is 0 Å². The summed E-state index contributed by atoms with van der Waals surface area (Å²) >= 11 is 1.76. The molecule has 6 nitrogen and oxygen atoms in total. The van der Waals surface area contributed by atoms with Crippen LogP contribution in [0.5, 0.6) is 0 Å². The maximum Gasteiger partial charge on any atom is 0.243 e. The van der Waals surface area contributed by atoms with Crippen molar-refractivity contribution in [1.82, 2.24) is 20.4 Å². The fraction of sp³-hybridized carbons (Fsp3) is 0.600. The molecule has 158 valence electrons. The van der Waals surface area contributed by atoms with Crippen LogP contribution in [0.4, 0.5) is 0 Å². The van der Waals surface area contributed by atoms with E-state index < -0.39 is 0 Å². The van der Waals surface area contributed by atoms with Gasteiger partial charge in [-0.15, -0.1) is 35.3 Å². The number of carbonyl (C=O) groups is 1. The summed E-state index contributed by atoms with van der Waals surface area (Å²) in [6, 6.07) is 4.60. The van der Waals surface area contributed by atoms with Crippen LogP contribution in [0.3, 0.4) is 0 Å². The van der Waals surface area contributed by atoms with Crippen LogP contribution in [-0.4, -0.2) is 74.5 Å². The lowest BCUT2D eigenvalue weighted by atomic mass is 10.0. The van der Waals surface area contributed by atoms with Crippen LogP contribution in [0, 0.1) is 0 Å². The quantitative estimate of drug-likeness (QED) is 0.240. The minimum atomic E-state index is 0. The molecule has 2 rings (SSSR count). The Balaban J connectivity index is 0.00000392. The van der Waals surface area contributed by atoms with Gasteiger partial charge in [-0.1, -0.05) is 18.2 Å². The molecule has 1 saturated heterocycles. The molecule has 2 N–H and O–H groups in total. The van der Waals surface area contributed by atoms with Gasteiger partial charge >= 0.3 is 0 Å². The second-order valence-corrected chi connectivity index (χ2v) is 8.39. The lowest BCUT2D eigenvalue weighted by molar-refractivity contribution is -0.127. The first-order valence-corrected chi connectivity index (χ1v) is 10.5. The van der Waals surface area contributed by atoms with Crippen molar-refractivity contribution in [3.8, 4) is 0 Å². The predicted octanol–water partition coefficient (Wildman–Crippen LogP) is 2.57.